The van der Waals surface area contributed by atoms with E-state index >= 15 is 0 Å². The number of likely N-dealkylation sites (N-methyl/N-ethyl adjacent to an activating group) is 2. The molecule has 7 aromatic rings. The van der Waals surface area contributed by atoms with Crippen LogP contribution in [0.4, 0.5) is 26.3 Å². The molecule has 0 aliphatic heterocycles. The highest BCUT2D eigenvalue weighted by Gasteiger charge is 2.35. The number of carbonyl (C=O) groups excluding carboxylic acids is 9. The molecule has 7 rings (SSSR count). The van der Waals surface area contributed by atoms with Crippen molar-refractivity contribution in [2.75, 3.05) is 121 Å². The molecular formula is C101H143F6N15O18S3. The summed E-state index contributed by atoms with van der Waals surface area (Å²) in [5, 5.41) is 46.4. The Hall–Kier alpha value is -11.2. The Labute approximate surface area is 837 Å². The first-order chi connectivity index (χ1) is 67.2. The summed E-state index contributed by atoms with van der Waals surface area (Å²) >= 11 is 0. The van der Waals surface area contributed by atoms with Gasteiger partial charge in [0.25, 0.3) is 35.4 Å². The third-order valence-electron chi connectivity index (χ3n) is 22.4. The zero-order chi connectivity index (χ0) is 107. The quantitative estimate of drug-likeness (QED) is 0.0126. The molecule has 0 aliphatic rings. The van der Waals surface area contributed by atoms with Gasteiger partial charge in [-0.25, -0.2) is 79.5 Å². The summed E-state index contributed by atoms with van der Waals surface area (Å²) in [4.78, 5) is 123. The van der Waals surface area contributed by atoms with E-state index in [1.165, 1.54) is 95.7 Å². The van der Waals surface area contributed by atoms with E-state index in [4.69, 9.17) is 0 Å². The molecule has 0 radical (unpaired) electrons. The smallest absolute Gasteiger partial charge is 0.253 e. The van der Waals surface area contributed by atoms with Gasteiger partial charge in [-0.15, -0.1) is 0 Å². The van der Waals surface area contributed by atoms with Crippen LogP contribution in [0.1, 0.15) is 219 Å². The van der Waals surface area contributed by atoms with Gasteiger partial charge in [0.2, 0.25) is 47.8 Å². The summed E-state index contributed by atoms with van der Waals surface area (Å²) in [6.45, 7) is 24.7. The van der Waals surface area contributed by atoms with Gasteiger partial charge in [-0.1, -0.05) is 120 Å². The fourth-order valence-corrected chi connectivity index (χ4v) is 17.8. The SMILES string of the molecule is CCCCN(CC(O)C(Cc1cc(F)cc(F)c1)NC(=O)c1cc(C(=O)N(CCC)CCC)cc(S(=O)(=O)N(C)C)c1)NC(=O)Cc1ccccc1.CCCN(CCC)C(=O)c1cc(C(=O)NC(Cc2cc(F)cc(F)c2)C(O)CN(C)NC(=O)C(C)C)cc(S(=O)(=O)N(C)C)c1.CCCN(CCC)C(=O)c1cc(C(=O)NC(Cc2cc(F)cc(F)c2)C(O)CN(CC)NC(=O)C(C)C)cc(S(=O)(=O)N(C)C)c1. The predicted octanol–water partition coefficient (Wildman–Crippen LogP) is 10.5. The van der Waals surface area contributed by atoms with E-state index < -0.39 is 137 Å². The van der Waals surface area contributed by atoms with Crippen LogP contribution in [0.3, 0.4) is 0 Å². The minimum Gasteiger partial charge on any atom is -0.390 e. The van der Waals surface area contributed by atoms with Crippen LogP contribution in [0.2, 0.25) is 0 Å². The molecule has 42 heteroatoms. The highest BCUT2D eigenvalue weighted by atomic mass is 32.2. The van der Waals surface area contributed by atoms with Crippen molar-refractivity contribution in [1.82, 2.24) is 74.9 Å². The van der Waals surface area contributed by atoms with Crippen LogP contribution in [0, 0.1) is 46.7 Å². The summed E-state index contributed by atoms with van der Waals surface area (Å²) in [7, 11) is -2.78. The van der Waals surface area contributed by atoms with Gasteiger partial charge in [-0.2, -0.15) is 0 Å². The summed E-state index contributed by atoms with van der Waals surface area (Å²) in [5.41, 5.74) is 8.82. The molecule has 33 nitrogen and oxygen atoms in total. The van der Waals surface area contributed by atoms with Crippen molar-refractivity contribution in [3.05, 3.63) is 230 Å². The zero-order valence-corrected chi connectivity index (χ0v) is 87.6. The number of amides is 9. The number of hydrogen-bond acceptors (Lipinski definition) is 21. The molecule has 6 atom stereocenters. The van der Waals surface area contributed by atoms with Crippen LogP contribution in [0.15, 0.2) is 154 Å². The molecule has 7 aromatic carbocycles. The van der Waals surface area contributed by atoms with E-state index in [1.807, 2.05) is 78.8 Å². The number of aliphatic hydroxyl groups excluding tert-OH is 3. The van der Waals surface area contributed by atoms with Crippen LogP contribution in [0.25, 0.3) is 0 Å². The number of halogens is 6. The maximum atomic E-state index is 14.3. The number of unbranched alkanes of at least 4 members (excludes halogenated alkanes) is 1. The van der Waals surface area contributed by atoms with Gasteiger partial charge >= 0.3 is 0 Å². The van der Waals surface area contributed by atoms with E-state index in [1.54, 1.807) is 54.3 Å². The van der Waals surface area contributed by atoms with E-state index in [0.29, 0.717) is 116 Å². The highest BCUT2D eigenvalue weighted by Crippen LogP contribution is 2.27. The van der Waals surface area contributed by atoms with E-state index in [2.05, 4.69) is 32.2 Å². The Morgan fingerprint density at radius 3 is 0.881 bits per heavy atom. The second-order valence-corrected chi connectivity index (χ2v) is 42.5. The Morgan fingerprint density at radius 1 is 0.329 bits per heavy atom. The molecular weight excluding hydrogens is 1920 g/mol. The van der Waals surface area contributed by atoms with E-state index in [9.17, 15) is 110 Å². The molecule has 0 saturated heterocycles. The van der Waals surface area contributed by atoms with Crippen LogP contribution in [-0.2, 0) is 70.1 Å². The van der Waals surface area contributed by atoms with Gasteiger partial charge in [0.05, 0.1) is 57.5 Å². The normalized spacial score (nSPS) is 13.0. The number of rotatable bonds is 53. The first-order valence-electron chi connectivity index (χ1n) is 47.8. The number of benzene rings is 7. The third-order valence-corrected chi connectivity index (χ3v) is 27.8. The summed E-state index contributed by atoms with van der Waals surface area (Å²) in [5.74, 6) is -10.5. The Morgan fingerprint density at radius 2 is 0.608 bits per heavy atom. The van der Waals surface area contributed by atoms with Gasteiger partial charge in [-0.05, 0) is 177 Å². The number of sulfonamides is 3. The van der Waals surface area contributed by atoms with E-state index in [-0.39, 0.29) is 140 Å². The lowest BCUT2D eigenvalue weighted by Gasteiger charge is -2.30. The second kappa shape index (κ2) is 58.7. The van der Waals surface area contributed by atoms with Gasteiger partial charge in [-0.3, -0.25) is 59.4 Å². The van der Waals surface area contributed by atoms with Gasteiger partial charge in [0, 0.05) is 185 Å². The number of hydrazine groups is 3. The van der Waals surface area contributed by atoms with Crippen molar-refractivity contribution in [3.8, 4) is 0 Å². The fourth-order valence-electron chi connectivity index (χ4n) is 14.9. The topological polar surface area (TPSA) is 418 Å². The number of nitrogens with zero attached hydrogens (tertiary/aromatic N) is 9. The first kappa shape index (κ1) is 122. The molecule has 790 valence electrons. The highest BCUT2D eigenvalue weighted by molar-refractivity contribution is 7.89. The third kappa shape index (κ3) is 38.7. The molecule has 0 aromatic heterocycles. The maximum absolute atomic E-state index is 14.3. The molecule has 9 amide bonds. The zero-order valence-electron chi connectivity index (χ0n) is 85.1. The van der Waals surface area contributed by atoms with Crippen LogP contribution in [0.5, 0.6) is 0 Å². The van der Waals surface area contributed by atoms with Crippen LogP contribution < -0.4 is 32.2 Å². The molecule has 9 N–H and O–H groups in total. The molecule has 0 bridgehead atoms. The molecule has 6 unspecified atom stereocenters. The fraction of sp³-hybridized carbons (Fsp3) is 0.495. The van der Waals surface area contributed by atoms with Crippen molar-refractivity contribution in [3.63, 3.8) is 0 Å². The van der Waals surface area contributed by atoms with Gasteiger partial charge in [0.15, 0.2) is 0 Å². The number of carbonyl (C=O) groups is 9. The lowest BCUT2D eigenvalue weighted by Crippen LogP contribution is -2.53. The summed E-state index contributed by atoms with van der Waals surface area (Å²) < 4.78 is 167. The lowest BCUT2D eigenvalue weighted by molar-refractivity contribution is -0.130. The minimum atomic E-state index is -4.10. The van der Waals surface area contributed by atoms with E-state index in [0.717, 1.165) is 79.5 Å². The Balaban J connectivity index is 0.000000379. The maximum Gasteiger partial charge on any atom is 0.253 e. The number of aliphatic hydroxyl groups is 3. The average Bonchev–Trinajstić information content (AvgIpc) is 0.794. The van der Waals surface area contributed by atoms with Gasteiger partial charge in [0.1, 0.15) is 34.9 Å². The largest absolute Gasteiger partial charge is 0.390 e. The second-order valence-electron chi connectivity index (χ2n) is 36.0. The molecule has 0 fully saturated rings. The van der Waals surface area contributed by atoms with Crippen molar-refractivity contribution < 1.29 is 110 Å². The standard InChI is InChI=1S/C38H51F2N5O6S.C32H47F2N5O6S.C31H45F2N5O6S/c1-6-9-17-45(42-36(47)21-27-13-11-10-12-14-27)26-35(46)34(20-28-18-31(39)25-32(40)19-28)41-37(48)29-22-30(38(49)44(15-7-2)16-8-3)24-33(23-29)52(50,51)43(4)5;1-8-11-38(12-9-2)32(43)24-16-23(17-27(18-24)46(44,45)37(6)7)31(42)35-28(15-22-13-25(33)19-26(34)14-22)29(40)20-39(10-3)36-30(41)21(4)5;1-8-10-38(11-9-2)31(42)23-15-22(16-26(17-23)45(43,44)36(5)6)30(41)34-27(14-21-12-24(32)18-25(33)13-21)28(39)19-37(7)35-29(40)20(3)4/h10-14,18-19,22-25,34-35,46H,6-9,15-17,20-21,26H2,1-5H3,(H,41,48)(H,42,47);13-14,16-19,21,28-29,40H,8-12,15,20H2,1-7H3,(H,35,42)(H,36,41);12-13,15-18,20,27-28,39H,8-11,14,19H2,1-7H3,(H,34,41)(H,35,40). The van der Waals surface area contributed by atoms with Crippen molar-refractivity contribution in [2.45, 2.75) is 211 Å². The monoisotopic (exact) mass is 2060 g/mol. The number of nitrogens with one attached hydrogen (secondary N) is 6. The molecule has 143 heavy (non-hydrogen) atoms. The molecule has 0 aliphatic carbocycles. The lowest BCUT2D eigenvalue weighted by atomic mass is 9.99. The first-order valence-corrected chi connectivity index (χ1v) is 52.1. The predicted molar refractivity (Wildman–Crippen MR) is 534 cm³/mol. The van der Waals surface area contributed by atoms with Crippen molar-refractivity contribution in [1.29, 1.82) is 0 Å². The molecule has 0 saturated carbocycles. The average molecular weight is 2070 g/mol. The minimum absolute atomic E-state index is 0.00664. The molecule has 0 heterocycles. The van der Waals surface area contributed by atoms with Crippen LogP contribution in [-0.4, -0.2) is 294 Å². The van der Waals surface area contributed by atoms with Gasteiger partial charge < -0.3 is 46.0 Å². The Bertz CT molecular complexity index is 5700. The summed E-state index contributed by atoms with van der Waals surface area (Å²) in [6.07, 6.45) is 0.788. The van der Waals surface area contributed by atoms with Crippen molar-refractivity contribution in [2.24, 2.45) is 11.8 Å². The van der Waals surface area contributed by atoms with Crippen LogP contribution >= 0.6 is 0 Å². The Kier molecular flexibility index (Phi) is 50.2. The number of hydrogen-bond donors (Lipinski definition) is 9. The molecule has 0 spiro atoms. The summed E-state index contributed by atoms with van der Waals surface area (Å²) in [6, 6.07) is 25.2. The van der Waals surface area contributed by atoms with Crippen molar-refractivity contribution >= 4 is 83.2 Å².